The van der Waals surface area contributed by atoms with Crippen LogP contribution < -0.4 is 9.80 Å². The highest BCUT2D eigenvalue weighted by Crippen LogP contribution is 2.45. The van der Waals surface area contributed by atoms with E-state index in [0.717, 1.165) is 17.4 Å². The van der Waals surface area contributed by atoms with Crippen molar-refractivity contribution < 1.29 is 14.0 Å². The van der Waals surface area contributed by atoms with Crippen LogP contribution in [0.3, 0.4) is 0 Å². The number of amides is 2. The molecule has 2 aliphatic heterocycles. The first kappa shape index (κ1) is 22.1. The molecule has 0 atom stereocenters. The minimum Gasteiger partial charge on any atom is -0.294 e. The topological polar surface area (TPSA) is 43.9 Å². The molecule has 2 amide bonds. The lowest BCUT2D eigenvalue weighted by Gasteiger charge is -2.26. The number of rotatable bonds is 7. The molecule has 2 heterocycles. The summed E-state index contributed by atoms with van der Waals surface area (Å²) in [5.41, 5.74) is 2.22. The summed E-state index contributed by atoms with van der Waals surface area (Å²) in [6, 6.07) is 12.9. The number of anilines is 2. The molecule has 0 spiro atoms. The number of fused-ring (bicyclic) bond motifs is 1. The van der Waals surface area contributed by atoms with Crippen molar-refractivity contribution in [3.05, 3.63) is 90.1 Å². The number of hydrogen-bond acceptors (Lipinski definition) is 5. The van der Waals surface area contributed by atoms with Crippen molar-refractivity contribution in [2.75, 3.05) is 29.6 Å². The van der Waals surface area contributed by atoms with Gasteiger partial charge in [0.25, 0.3) is 11.8 Å². The van der Waals surface area contributed by atoms with Crippen LogP contribution in [0.2, 0.25) is 0 Å². The second-order valence-electron chi connectivity index (χ2n) is 7.19. The lowest BCUT2D eigenvalue weighted by molar-refractivity contribution is -0.115. The van der Waals surface area contributed by atoms with Gasteiger partial charge < -0.3 is 0 Å². The Kier molecular flexibility index (Phi) is 6.36. The smallest absolute Gasteiger partial charge is 0.271 e. The summed E-state index contributed by atoms with van der Waals surface area (Å²) in [6.45, 7) is 9.05. The molecule has 1 fully saturated rings. The Morgan fingerprint density at radius 2 is 1.66 bits per heavy atom. The third-order valence-electron chi connectivity index (χ3n) is 5.12. The number of halogens is 1. The predicted octanol–water partition coefficient (Wildman–Crippen LogP) is 4.58. The highest BCUT2D eigenvalue weighted by Gasteiger charge is 2.42. The highest BCUT2D eigenvalue weighted by atomic mass is 32.2. The van der Waals surface area contributed by atoms with Gasteiger partial charge in [-0.1, -0.05) is 54.3 Å². The Hall–Kier alpha value is -3.07. The van der Waals surface area contributed by atoms with Gasteiger partial charge in [0.15, 0.2) is 4.32 Å². The van der Waals surface area contributed by atoms with Gasteiger partial charge in [-0.15, -0.1) is 13.2 Å². The minimum absolute atomic E-state index is 0.260. The zero-order chi connectivity index (χ0) is 22.8. The van der Waals surface area contributed by atoms with Crippen LogP contribution in [0.1, 0.15) is 5.56 Å². The van der Waals surface area contributed by atoms with Crippen LogP contribution in [-0.2, 0) is 9.59 Å². The molecule has 162 valence electrons. The van der Waals surface area contributed by atoms with Crippen LogP contribution in [0.25, 0.3) is 5.57 Å². The van der Waals surface area contributed by atoms with E-state index in [2.05, 4.69) is 13.2 Å². The molecule has 1 saturated heterocycles. The Balaban J connectivity index is 1.74. The molecule has 0 bridgehead atoms. The first-order chi connectivity index (χ1) is 15.5. The van der Waals surface area contributed by atoms with Crippen molar-refractivity contribution in [1.29, 1.82) is 0 Å². The molecule has 0 aromatic heterocycles. The molecular weight excluding hydrogens is 445 g/mol. The van der Waals surface area contributed by atoms with Crippen molar-refractivity contribution in [2.45, 2.75) is 0 Å². The monoisotopic (exact) mass is 465 g/mol. The fourth-order valence-electron chi connectivity index (χ4n) is 3.73. The number of hydrogen-bond donors (Lipinski definition) is 0. The van der Waals surface area contributed by atoms with Gasteiger partial charge in [0.05, 0.1) is 28.5 Å². The van der Waals surface area contributed by atoms with Gasteiger partial charge in [-0.2, -0.15) is 0 Å². The summed E-state index contributed by atoms with van der Waals surface area (Å²) in [5.74, 6) is -1.05. The average Bonchev–Trinajstić information content (AvgIpc) is 3.22. The minimum atomic E-state index is -0.406. The number of nitrogens with zero attached hydrogens (tertiary/aromatic N) is 3. The Labute approximate surface area is 195 Å². The fourth-order valence-corrected chi connectivity index (χ4v) is 5.10. The van der Waals surface area contributed by atoms with Crippen LogP contribution in [0.5, 0.6) is 0 Å². The summed E-state index contributed by atoms with van der Waals surface area (Å²) in [5, 5.41) is 0. The van der Waals surface area contributed by atoms with Crippen LogP contribution in [-0.4, -0.2) is 40.8 Å². The molecule has 0 unspecified atom stereocenters. The van der Waals surface area contributed by atoms with Crippen molar-refractivity contribution in [3.63, 3.8) is 0 Å². The number of thiocarbonyl (C=S) groups is 1. The maximum absolute atomic E-state index is 13.5. The quantitative estimate of drug-likeness (QED) is 0.340. The predicted molar refractivity (Wildman–Crippen MR) is 132 cm³/mol. The second-order valence-corrected chi connectivity index (χ2v) is 8.84. The van der Waals surface area contributed by atoms with Crippen LogP contribution in [0.15, 0.2) is 78.7 Å². The van der Waals surface area contributed by atoms with E-state index in [-0.39, 0.29) is 16.7 Å². The first-order valence-electron chi connectivity index (χ1n) is 9.87. The lowest BCUT2D eigenvalue weighted by atomic mass is 10.1. The number of thioether (sulfide) groups is 1. The maximum atomic E-state index is 13.5. The number of benzene rings is 2. The van der Waals surface area contributed by atoms with E-state index >= 15 is 0 Å². The molecule has 4 rings (SSSR count). The molecule has 5 nitrogen and oxygen atoms in total. The molecule has 0 aliphatic carbocycles. The normalized spacial score (nSPS) is 18.0. The summed E-state index contributed by atoms with van der Waals surface area (Å²) in [4.78, 5) is 32.2. The molecule has 2 aromatic carbocycles. The van der Waals surface area contributed by atoms with E-state index in [1.54, 1.807) is 17.1 Å². The van der Waals surface area contributed by atoms with Crippen LogP contribution in [0, 0.1) is 5.82 Å². The fraction of sp³-hybridized carbons (Fsp3) is 0.125. The Morgan fingerprint density at radius 3 is 2.31 bits per heavy atom. The summed E-state index contributed by atoms with van der Waals surface area (Å²) in [6.07, 6.45) is 3.54. The maximum Gasteiger partial charge on any atom is 0.271 e. The van der Waals surface area contributed by atoms with E-state index in [4.69, 9.17) is 12.2 Å². The van der Waals surface area contributed by atoms with E-state index in [0.29, 0.717) is 40.9 Å². The molecule has 2 aromatic rings. The molecule has 0 N–H and O–H groups in total. The highest BCUT2D eigenvalue weighted by molar-refractivity contribution is 8.27. The van der Waals surface area contributed by atoms with E-state index in [1.807, 2.05) is 29.2 Å². The van der Waals surface area contributed by atoms with E-state index < -0.39 is 5.82 Å². The van der Waals surface area contributed by atoms with Gasteiger partial charge >= 0.3 is 0 Å². The third-order valence-corrected chi connectivity index (χ3v) is 6.49. The Morgan fingerprint density at radius 1 is 1.00 bits per heavy atom. The van der Waals surface area contributed by atoms with Gasteiger partial charge in [0, 0.05) is 18.7 Å². The van der Waals surface area contributed by atoms with Crippen molar-refractivity contribution >= 4 is 57.1 Å². The standard InChI is InChI=1S/C24H20FN3O2S2/c1-3-13-26(14-4-2)15-27-19-8-6-5-7-18(19)20(22(27)29)21-23(30)28(24(31)32-21)17-11-9-16(25)10-12-17/h3-12H,1-2,13-15H2/b21-20-. The van der Waals surface area contributed by atoms with Crippen LogP contribution >= 0.6 is 24.0 Å². The molecule has 8 heteroatoms. The number of para-hydroxylation sites is 1. The average molecular weight is 466 g/mol. The zero-order valence-corrected chi connectivity index (χ0v) is 18.8. The second kappa shape index (κ2) is 9.20. The lowest BCUT2D eigenvalue weighted by Crippen LogP contribution is -2.40. The third kappa shape index (κ3) is 3.92. The van der Waals surface area contributed by atoms with Crippen molar-refractivity contribution in [3.8, 4) is 0 Å². The summed E-state index contributed by atoms with van der Waals surface area (Å²) in [7, 11) is 0. The Bertz CT molecular complexity index is 1150. The van der Waals surface area contributed by atoms with Gasteiger partial charge in [-0.25, -0.2) is 4.39 Å². The van der Waals surface area contributed by atoms with Gasteiger partial charge in [-0.05, 0) is 30.3 Å². The van der Waals surface area contributed by atoms with E-state index in [9.17, 15) is 14.0 Å². The van der Waals surface area contributed by atoms with Crippen molar-refractivity contribution in [1.82, 2.24) is 4.90 Å². The first-order valence-corrected chi connectivity index (χ1v) is 11.1. The summed E-state index contributed by atoms with van der Waals surface area (Å²) >= 11 is 6.52. The van der Waals surface area contributed by atoms with Crippen LogP contribution in [0.4, 0.5) is 15.8 Å². The molecule has 2 aliphatic rings. The van der Waals surface area contributed by atoms with E-state index in [1.165, 1.54) is 29.2 Å². The number of carbonyl (C=O) groups excluding carboxylic acids is 2. The van der Waals surface area contributed by atoms with Crippen molar-refractivity contribution in [2.24, 2.45) is 0 Å². The van der Waals surface area contributed by atoms with Gasteiger partial charge in [-0.3, -0.25) is 24.3 Å². The van der Waals surface area contributed by atoms with Gasteiger partial charge in [0.1, 0.15) is 5.82 Å². The number of carbonyl (C=O) groups is 2. The largest absolute Gasteiger partial charge is 0.294 e. The molecule has 0 radical (unpaired) electrons. The SMILES string of the molecule is C=CCN(CC=C)CN1C(=O)/C(=C2\SC(=S)N(c3ccc(F)cc3)C2=O)c2ccccc21. The summed E-state index contributed by atoms with van der Waals surface area (Å²) < 4.78 is 13.6. The van der Waals surface area contributed by atoms with Gasteiger partial charge in [0.2, 0.25) is 0 Å². The zero-order valence-electron chi connectivity index (χ0n) is 17.2. The molecular formula is C24H20FN3O2S2. The molecule has 0 saturated carbocycles. The molecule has 32 heavy (non-hydrogen) atoms.